The van der Waals surface area contributed by atoms with Crippen molar-refractivity contribution in [2.45, 2.75) is 19.1 Å². The average Bonchev–Trinajstić information content (AvgIpc) is 2.78. The summed E-state index contributed by atoms with van der Waals surface area (Å²) in [5, 5.41) is 8.63. The average molecular weight is 274 g/mol. The molecule has 2 aromatic heterocycles. The predicted molar refractivity (Wildman–Crippen MR) is 61.2 cm³/mol. The second kappa shape index (κ2) is 4.89. The van der Waals surface area contributed by atoms with Crippen LogP contribution in [-0.4, -0.2) is 15.2 Å². The van der Waals surface area contributed by atoms with Crippen molar-refractivity contribution in [2.75, 3.05) is 5.32 Å². The zero-order valence-corrected chi connectivity index (χ0v) is 10.1. The van der Waals surface area contributed by atoms with Crippen LogP contribution in [-0.2, 0) is 6.18 Å². The molecule has 0 amide bonds. The summed E-state index contributed by atoms with van der Waals surface area (Å²) in [6.45, 7) is 1.82. The van der Waals surface area contributed by atoms with Gasteiger partial charge in [0.15, 0.2) is 0 Å². The monoisotopic (exact) mass is 274 g/mol. The number of pyridine rings is 1. The highest BCUT2D eigenvalue weighted by Crippen LogP contribution is 2.33. The molecule has 0 saturated carbocycles. The first-order chi connectivity index (χ1) is 8.47. The predicted octanol–water partition coefficient (Wildman–Crippen LogP) is 3.13. The first kappa shape index (κ1) is 12.7. The molecule has 0 bridgehead atoms. The molecule has 1 atom stereocenters. The van der Waals surface area contributed by atoms with Gasteiger partial charge in [0.05, 0.1) is 6.04 Å². The molecule has 0 aliphatic heterocycles. The van der Waals surface area contributed by atoms with Gasteiger partial charge in [0.25, 0.3) is 0 Å². The maximum atomic E-state index is 12.3. The van der Waals surface area contributed by atoms with Crippen molar-refractivity contribution in [1.82, 2.24) is 15.2 Å². The third kappa shape index (κ3) is 2.95. The van der Waals surface area contributed by atoms with Gasteiger partial charge in [0.2, 0.25) is 10.1 Å². The van der Waals surface area contributed by atoms with Crippen LogP contribution in [0.25, 0.3) is 0 Å². The zero-order chi connectivity index (χ0) is 13.2. The van der Waals surface area contributed by atoms with Gasteiger partial charge in [0.1, 0.15) is 0 Å². The first-order valence-corrected chi connectivity index (χ1v) is 5.85. The Hall–Kier alpha value is -1.70. The quantitative estimate of drug-likeness (QED) is 0.934. The number of aromatic nitrogens is 3. The molecular weight excluding hydrogens is 265 g/mol. The summed E-state index contributed by atoms with van der Waals surface area (Å²) < 4.78 is 37.0. The fourth-order valence-corrected chi connectivity index (χ4v) is 2.01. The summed E-state index contributed by atoms with van der Waals surface area (Å²) in [7, 11) is 0. The highest BCUT2D eigenvalue weighted by atomic mass is 32.1. The van der Waals surface area contributed by atoms with Gasteiger partial charge in [0, 0.05) is 12.4 Å². The molecule has 0 aromatic carbocycles. The minimum Gasteiger partial charge on any atom is -0.354 e. The molecule has 0 unspecified atom stereocenters. The number of anilines is 1. The van der Waals surface area contributed by atoms with E-state index in [9.17, 15) is 13.2 Å². The molecule has 96 valence electrons. The van der Waals surface area contributed by atoms with Gasteiger partial charge in [-0.15, -0.1) is 10.2 Å². The highest BCUT2D eigenvalue weighted by molar-refractivity contribution is 7.15. The van der Waals surface area contributed by atoms with E-state index in [1.54, 1.807) is 24.5 Å². The SMILES string of the molecule is C[C@@H](Nc1nnc(C(F)(F)F)s1)c1ccncc1. The van der Waals surface area contributed by atoms with Gasteiger partial charge >= 0.3 is 6.18 Å². The van der Waals surface area contributed by atoms with E-state index in [1.807, 2.05) is 6.92 Å². The molecule has 2 rings (SSSR count). The lowest BCUT2D eigenvalue weighted by molar-refractivity contribution is -0.138. The minimum absolute atomic E-state index is 0.145. The van der Waals surface area contributed by atoms with E-state index < -0.39 is 11.2 Å². The first-order valence-electron chi connectivity index (χ1n) is 5.04. The normalized spacial score (nSPS) is 13.3. The van der Waals surface area contributed by atoms with Crippen molar-refractivity contribution in [1.29, 1.82) is 0 Å². The van der Waals surface area contributed by atoms with E-state index in [4.69, 9.17) is 0 Å². The van der Waals surface area contributed by atoms with Gasteiger partial charge in [-0.2, -0.15) is 13.2 Å². The van der Waals surface area contributed by atoms with Gasteiger partial charge in [-0.05, 0) is 24.6 Å². The van der Waals surface area contributed by atoms with Crippen LogP contribution in [0.3, 0.4) is 0 Å². The van der Waals surface area contributed by atoms with Crippen LogP contribution in [0.2, 0.25) is 0 Å². The van der Waals surface area contributed by atoms with Crippen LogP contribution in [0.4, 0.5) is 18.3 Å². The van der Waals surface area contributed by atoms with E-state index in [1.165, 1.54) is 0 Å². The van der Waals surface area contributed by atoms with Crippen LogP contribution >= 0.6 is 11.3 Å². The fourth-order valence-electron chi connectivity index (χ4n) is 1.32. The Morgan fingerprint density at radius 3 is 2.44 bits per heavy atom. The molecular formula is C10H9F3N4S. The van der Waals surface area contributed by atoms with Crippen LogP contribution in [0, 0.1) is 0 Å². The molecule has 0 fully saturated rings. The summed E-state index contributed by atoms with van der Waals surface area (Å²) in [5.41, 5.74) is 0.911. The Bertz CT molecular complexity index is 511. The second-order valence-corrected chi connectivity index (χ2v) is 4.53. The molecule has 2 heterocycles. The second-order valence-electron chi connectivity index (χ2n) is 3.56. The van der Waals surface area contributed by atoms with E-state index in [2.05, 4.69) is 20.5 Å². The Kier molecular flexibility index (Phi) is 3.46. The summed E-state index contributed by atoms with van der Waals surface area (Å²) in [5.74, 6) is 0. The van der Waals surface area contributed by atoms with E-state index in [0.29, 0.717) is 11.3 Å². The number of nitrogens with zero attached hydrogens (tertiary/aromatic N) is 3. The number of rotatable bonds is 3. The van der Waals surface area contributed by atoms with Gasteiger partial charge < -0.3 is 5.32 Å². The Morgan fingerprint density at radius 1 is 1.22 bits per heavy atom. The summed E-state index contributed by atoms with van der Waals surface area (Å²) in [6, 6.07) is 3.40. The van der Waals surface area contributed by atoms with Gasteiger partial charge in [-0.3, -0.25) is 4.98 Å². The number of halogens is 3. The van der Waals surface area contributed by atoms with Crippen molar-refractivity contribution >= 4 is 16.5 Å². The molecule has 18 heavy (non-hydrogen) atoms. The van der Waals surface area contributed by atoms with Gasteiger partial charge in [-0.25, -0.2) is 0 Å². The molecule has 2 aromatic rings. The van der Waals surface area contributed by atoms with Gasteiger partial charge in [-0.1, -0.05) is 11.3 Å². The van der Waals surface area contributed by atoms with E-state index in [-0.39, 0.29) is 11.2 Å². The highest BCUT2D eigenvalue weighted by Gasteiger charge is 2.35. The molecule has 0 radical (unpaired) electrons. The topological polar surface area (TPSA) is 50.7 Å². The van der Waals surface area contributed by atoms with Crippen molar-refractivity contribution in [3.8, 4) is 0 Å². The fraction of sp³-hybridized carbons (Fsp3) is 0.300. The molecule has 0 aliphatic carbocycles. The molecule has 1 N–H and O–H groups in total. The summed E-state index contributed by atoms with van der Waals surface area (Å²) in [4.78, 5) is 3.87. The molecule has 0 spiro atoms. The van der Waals surface area contributed by atoms with Crippen molar-refractivity contribution < 1.29 is 13.2 Å². The third-order valence-electron chi connectivity index (χ3n) is 2.21. The molecule has 0 saturated heterocycles. The lowest BCUT2D eigenvalue weighted by atomic mass is 10.1. The number of alkyl halides is 3. The van der Waals surface area contributed by atoms with E-state index in [0.717, 1.165) is 5.56 Å². The lowest BCUT2D eigenvalue weighted by Crippen LogP contribution is -2.06. The zero-order valence-electron chi connectivity index (χ0n) is 9.27. The lowest BCUT2D eigenvalue weighted by Gasteiger charge is -2.11. The standard InChI is InChI=1S/C10H9F3N4S/c1-6(7-2-4-14-5-3-7)15-9-17-16-8(18-9)10(11,12)13/h2-6H,1H3,(H,15,17)/t6-/m1/s1. The Balaban J connectivity index is 2.08. The third-order valence-corrected chi connectivity index (χ3v) is 3.11. The Morgan fingerprint density at radius 2 is 1.89 bits per heavy atom. The summed E-state index contributed by atoms with van der Waals surface area (Å²) >= 11 is 0.489. The van der Waals surface area contributed by atoms with Crippen LogP contribution in [0.5, 0.6) is 0 Å². The van der Waals surface area contributed by atoms with Crippen LogP contribution in [0.15, 0.2) is 24.5 Å². The van der Waals surface area contributed by atoms with Crippen LogP contribution < -0.4 is 5.32 Å². The maximum absolute atomic E-state index is 12.3. The number of hydrogen-bond donors (Lipinski definition) is 1. The van der Waals surface area contributed by atoms with Crippen molar-refractivity contribution in [3.05, 3.63) is 35.1 Å². The smallest absolute Gasteiger partial charge is 0.354 e. The number of hydrogen-bond acceptors (Lipinski definition) is 5. The van der Waals surface area contributed by atoms with E-state index >= 15 is 0 Å². The molecule has 4 nitrogen and oxygen atoms in total. The minimum atomic E-state index is -4.45. The largest absolute Gasteiger partial charge is 0.445 e. The number of nitrogens with one attached hydrogen (secondary N) is 1. The molecule has 8 heteroatoms. The maximum Gasteiger partial charge on any atom is 0.445 e. The Labute approximate surface area is 105 Å². The summed E-state index contributed by atoms with van der Waals surface area (Å²) in [6.07, 6.45) is -1.21. The van der Waals surface area contributed by atoms with Crippen molar-refractivity contribution in [3.63, 3.8) is 0 Å². The molecule has 0 aliphatic rings. The van der Waals surface area contributed by atoms with Crippen molar-refractivity contribution in [2.24, 2.45) is 0 Å². The van der Waals surface area contributed by atoms with Crippen LogP contribution in [0.1, 0.15) is 23.5 Å².